The summed E-state index contributed by atoms with van der Waals surface area (Å²) in [6, 6.07) is 7.33. The molecule has 0 atom stereocenters. The Labute approximate surface area is 139 Å². The molecule has 0 aromatic carbocycles. The Bertz CT molecular complexity index is 815. The predicted molar refractivity (Wildman–Crippen MR) is 89.8 cm³/mol. The lowest BCUT2D eigenvalue weighted by atomic mass is 10.1. The number of nitrogens with one attached hydrogen (secondary N) is 2. The van der Waals surface area contributed by atoms with Crippen molar-refractivity contribution in [2.45, 2.75) is 13.1 Å². The van der Waals surface area contributed by atoms with Gasteiger partial charge in [0.15, 0.2) is 0 Å². The van der Waals surface area contributed by atoms with Crippen molar-refractivity contribution in [1.82, 2.24) is 30.4 Å². The lowest BCUT2D eigenvalue weighted by Crippen LogP contribution is -2.34. The van der Waals surface area contributed by atoms with Gasteiger partial charge in [0, 0.05) is 49.5 Å². The van der Waals surface area contributed by atoms with Gasteiger partial charge in [-0.15, -0.1) is 0 Å². The molecule has 3 aromatic rings. The lowest BCUT2D eigenvalue weighted by molar-refractivity contribution is 0.240. The molecule has 0 spiro atoms. The van der Waals surface area contributed by atoms with Crippen molar-refractivity contribution < 1.29 is 4.79 Å². The molecule has 0 saturated carbocycles. The molecule has 0 fully saturated rings. The van der Waals surface area contributed by atoms with E-state index in [0.717, 1.165) is 22.4 Å². The predicted octanol–water partition coefficient (Wildman–Crippen LogP) is 1.88. The molecule has 122 valence electrons. The van der Waals surface area contributed by atoms with Crippen LogP contribution in [0.2, 0.25) is 0 Å². The van der Waals surface area contributed by atoms with E-state index in [2.05, 4.69) is 25.7 Å². The van der Waals surface area contributed by atoms with Crippen LogP contribution in [0.1, 0.15) is 11.3 Å². The second kappa shape index (κ2) is 7.36. The number of hydrogen-bond donors (Lipinski definition) is 2. The van der Waals surface area contributed by atoms with Crippen LogP contribution < -0.4 is 10.6 Å². The van der Waals surface area contributed by atoms with Gasteiger partial charge in [-0.2, -0.15) is 5.10 Å². The van der Waals surface area contributed by atoms with E-state index in [-0.39, 0.29) is 6.03 Å². The van der Waals surface area contributed by atoms with Crippen molar-refractivity contribution in [1.29, 1.82) is 0 Å². The van der Waals surface area contributed by atoms with Crippen molar-refractivity contribution in [3.8, 4) is 11.1 Å². The van der Waals surface area contributed by atoms with Crippen molar-refractivity contribution in [2.24, 2.45) is 7.05 Å². The minimum atomic E-state index is -0.243. The second-order valence-electron chi connectivity index (χ2n) is 5.34. The van der Waals surface area contributed by atoms with E-state index < -0.39 is 0 Å². The largest absolute Gasteiger partial charge is 0.334 e. The van der Waals surface area contributed by atoms with Crippen LogP contribution in [-0.4, -0.2) is 25.8 Å². The lowest BCUT2D eigenvalue weighted by Gasteiger charge is -2.08. The van der Waals surface area contributed by atoms with Gasteiger partial charge in [-0.05, 0) is 23.8 Å². The van der Waals surface area contributed by atoms with Gasteiger partial charge in [0.1, 0.15) is 0 Å². The number of aromatic nitrogens is 4. The van der Waals surface area contributed by atoms with Gasteiger partial charge in [0.2, 0.25) is 0 Å². The van der Waals surface area contributed by atoms with E-state index in [1.807, 2.05) is 37.5 Å². The first-order valence-electron chi connectivity index (χ1n) is 7.55. The molecule has 0 aliphatic rings. The normalized spacial score (nSPS) is 10.4. The Kier molecular flexibility index (Phi) is 4.81. The summed E-state index contributed by atoms with van der Waals surface area (Å²) in [4.78, 5) is 20.2. The Morgan fingerprint density at radius 3 is 2.75 bits per heavy atom. The van der Waals surface area contributed by atoms with Crippen LogP contribution in [0, 0.1) is 0 Å². The summed E-state index contributed by atoms with van der Waals surface area (Å²) >= 11 is 0. The summed E-state index contributed by atoms with van der Waals surface area (Å²) in [6.45, 7) is 0.788. The standard InChI is InChI=1S/C17H18N6O/c1-23-12-15(10-22-23)14-6-13(7-18-9-14)8-20-17(24)21-11-16-4-2-3-5-19-16/h2-7,9-10,12H,8,11H2,1H3,(H2,20,21,24). The van der Waals surface area contributed by atoms with E-state index in [1.165, 1.54) is 0 Å². The monoisotopic (exact) mass is 322 g/mol. The number of pyridine rings is 2. The Hall–Kier alpha value is -3.22. The quantitative estimate of drug-likeness (QED) is 0.751. The maximum absolute atomic E-state index is 11.9. The molecule has 2 N–H and O–H groups in total. The number of carbonyl (C=O) groups is 1. The van der Waals surface area contributed by atoms with Gasteiger partial charge in [-0.1, -0.05) is 6.07 Å². The third-order valence-corrected chi connectivity index (χ3v) is 3.44. The molecule has 2 amide bonds. The highest BCUT2D eigenvalue weighted by Gasteiger charge is 2.05. The Balaban J connectivity index is 1.54. The molecule has 7 heteroatoms. The van der Waals surface area contributed by atoms with Gasteiger partial charge < -0.3 is 10.6 Å². The topological polar surface area (TPSA) is 84.7 Å². The Morgan fingerprint density at radius 2 is 2.00 bits per heavy atom. The maximum atomic E-state index is 11.9. The van der Waals surface area contributed by atoms with Crippen LogP contribution in [-0.2, 0) is 20.1 Å². The fourth-order valence-electron chi connectivity index (χ4n) is 2.23. The molecular weight excluding hydrogens is 304 g/mol. The first kappa shape index (κ1) is 15.7. The van der Waals surface area contributed by atoms with Crippen molar-refractivity contribution in [2.75, 3.05) is 0 Å². The van der Waals surface area contributed by atoms with Crippen LogP contribution in [0.25, 0.3) is 11.1 Å². The molecule has 24 heavy (non-hydrogen) atoms. The summed E-state index contributed by atoms with van der Waals surface area (Å²) in [6.07, 6.45) is 8.92. The molecule has 3 aromatic heterocycles. The minimum Gasteiger partial charge on any atom is -0.334 e. The third kappa shape index (κ3) is 4.16. The first-order chi connectivity index (χ1) is 11.7. The van der Waals surface area contributed by atoms with Crippen LogP contribution in [0.3, 0.4) is 0 Å². The SMILES string of the molecule is Cn1cc(-c2cncc(CNC(=O)NCc3ccccn3)c2)cn1. The van der Waals surface area contributed by atoms with Gasteiger partial charge >= 0.3 is 6.03 Å². The highest BCUT2D eigenvalue weighted by Crippen LogP contribution is 2.18. The van der Waals surface area contributed by atoms with Gasteiger partial charge in [0.05, 0.1) is 18.4 Å². The number of hydrogen-bond acceptors (Lipinski definition) is 4. The third-order valence-electron chi connectivity index (χ3n) is 3.44. The zero-order valence-electron chi connectivity index (χ0n) is 13.3. The molecule has 0 aliphatic carbocycles. The van der Waals surface area contributed by atoms with E-state index in [9.17, 15) is 4.79 Å². The molecular formula is C17H18N6O. The average Bonchev–Trinajstić information content (AvgIpc) is 3.06. The number of urea groups is 1. The van der Waals surface area contributed by atoms with E-state index in [0.29, 0.717) is 13.1 Å². The summed E-state index contributed by atoms with van der Waals surface area (Å²) in [5.41, 5.74) is 3.69. The summed E-state index contributed by atoms with van der Waals surface area (Å²) in [7, 11) is 1.87. The second-order valence-corrected chi connectivity index (χ2v) is 5.34. The van der Waals surface area contributed by atoms with E-state index in [4.69, 9.17) is 0 Å². The van der Waals surface area contributed by atoms with Gasteiger partial charge in [0.25, 0.3) is 0 Å². The fourth-order valence-corrected chi connectivity index (χ4v) is 2.23. The van der Waals surface area contributed by atoms with Crippen molar-refractivity contribution in [3.05, 3.63) is 66.5 Å². The summed E-state index contributed by atoms with van der Waals surface area (Å²) in [5.74, 6) is 0. The van der Waals surface area contributed by atoms with E-state index >= 15 is 0 Å². The van der Waals surface area contributed by atoms with Crippen molar-refractivity contribution in [3.63, 3.8) is 0 Å². The zero-order valence-corrected chi connectivity index (χ0v) is 13.3. The highest BCUT2D eigenvalue weighted by atomic mass is 16.2. The molecule has 3 heterocycles. The Morgan fingerprint density at radius 1 is 1.12 bits per heavy atom. The highest BCUT2D eigenvalue weighted by molar-refractivity contribution is 5.73. The number of aryl methyl sites for hydroxylation is 1. The molecule has 0 radical (unpaired) electrons. The zero-order chi connectivity index (χ0) is 16.8. The number of rotatable bonds is 5. The molecule has 0 unspecified atom stereocenters. The molecule has 7 nitrogen and oxygen atoms in total. The molecule has 3 rings (SSSR count). The van der Waals surface area contributed by atoms with Crippen LogP contribution >= 0.6 is 0 Å². The number of amides is 2. The molecule has 0 saturated heterocycles. The summed E-state index contributed by atoms with van der Waals surface area (Å²) in [5, 5.41) is 9.74. The molecule has 0 aliphatic heterocycles. The van der Waals surface area contributed by atoms with Crippen molar-refractivity contribution >= 4 is 6.03 Å². The van der Waals surface area contributed by atoms with Crippen LogP contribution in [0.15, 0.2) is 55.2 Å². The number of nitrogens with zero attached hydrogens (tertiary/aromatic N) is 4. The van der Waals surface area contributed by atoms with Gasteiger partial charge in [-0.3, -0.25) is 14.6 Å². The van der Waals surface area contributed by atoms with Crippen LogP contribution in [0.4, 0.5) is 4.79 Å². The first-order valence-corrected chi connectivity index (χ1v) is 7.55. The maximum Gasteiger partial charge on any atom is 0.315 e. The van der Waals surface area contributed by atoms with Gasteiger partial charge in [-0.25, -0.2) is 4.79 Å². The van der Waals surface area contributed by atoms with E-state index in [1.54, 1.807) is 29.5 Å². The fraction of sp³-hybridized carbons (Fsp3) is 0.176. The smallest absolute Gasteiger partial charge is 0.315 e. The average molecular weight is 322 g/mol. The minimum absolute atomic E-state index is 0.243. The van der Waals surface area contributed by atoms with Crippen LogP contribution in [0.5, 0.6) is 0 Å². The summed E-state index contributed by atoms with van der Waals surface area (Å²) < 4.78 is 1.74. The number of carbonyl (C=O) groups excluding carboxylic acids is 1. The molecule has 0 bridgehead atoms.